The van der Waals surface area contributed by atoms with Gasteiger partial charge in [-0.3, -0.25) is 4.79 Å². The lowest BCUT2D eigenvalue weighted by molar-refractivity contribution is 0.0941. The predicted molar refractivity (Wildman–Crippen MR) is 80.6 cm³/mol. The van der Waals surface area contributed by atoms with Gasteiger partial charge in [0.15, 0.2) is 0 Å². The van der Waals surface area contributed by atoms with Gasteiger partial charge in [0.2, 0.25) is 5.89 Å². The Bertz CT molecular complexity index is 627. The van der Waals surface area contributed by atoms with E-state index in [9.17, 15) is 4.79 Å². The average Bonchev–Trinajstić information content (AvgIpc) is 3.04. The molecule has 0 aliphatic rings. The molecule has 8 heteroatoms. The second-order valence-electron chi connectivity index (χ2n) is 5.85. The zero-order valence-corrected chi connectivity index (χ0v) is 13.6. The maximum Gasteiger partial charge on any atom is 0.271 e. The number of carbonyl (C=O) groups excluding carboxylic acids is 1. The number of hydrogen-bond donors (Lipinski definition) is 1. The summed E-state index contributed by atoms with van der Waals surface area (Å²) in [6.45, 7) is 6.38. The van der Waals surface area contributed by atoms with Crippen molar-refractivity contribution in [3.05, 3.63) is 22.0 Å². The van der Waals surface area contributed by atoms with E-state index in [0.717, 1.165) is 5.01 Å². The normalized spacial score (nSPS) is 11.5. The lowest BCUT2D eigenvalue weighted by Gasteiger charge is -2.13. The fraction of sp³-hybridized carbons (Fsp3) is 0.538. The van der Waals surface area contributed by atoms with Crippen molar-refractivity contribution in [3.8, 4) is 0 Å². The Morgan fingerprint density at radius 3 is 2.62 bits per heavy atom. The summed E-state index contributed by atoms with van der Waals surface area (Å²) in [5, 5.41) is 9.19. The summed E-state index contributed by atoms with van der Waals surface area (Å²) in [6.07, 6.45) is 0. The highest BCUT2D eigenvalue weighted by atomic mass is 32.1. The number of nitrogens with zero attached hydrogens (tertiary/aromatic N) is 4. The highest BCUT2D eigenvalue weighted by Crippen LogP contribution is 2.25. The second kappa shape index (κ2) is 5.80. The summed E-state index contributed by atoms with van der Waals surface area (Å²) >= 11 is 1.48. The molecular formula is C13H19N5O2S. The lowest BCUT2D eigenvalue weighted by atomic mass is 9.98. The highest BCUT2D eigenvalue weighted by Gasteiger charge is 2.20. The van der Waals surface area contributed by atoms with Gasteiger partial charge in [0.05, 0.1) is 11.6 Å². The molecule has 0 aliphatic heterocycles. The first kappa shape index (κ1) is 15.4. The summed E-state index contributed by atoms with van der Waals surface area (Å²) in [7, 11) is 3.63. The van der Waals surface area contributed by atoms with Crippen molar-refractivity contribution in [2.75, 3.05) is 19.0 Å². The molecule has 2 heterocycles. The molecule has 114 valence electrons. The van der Waals surface area contributed by atoms with E-state index in [-0.39, 0.29) is 17.9 Å². The van der Waals surface area contributed by atoms with Crippen LogP contribution >= 0.6 is 11.3 Å². The first-order chi connectivity index (χ1) is 9.77. The van der Waals surface area contributed by atoms with Gasteiger partial charge in [0, 0.05) is 24.9 Å². The third-order valence-electron chi connectivity index (χ3n) is 2.64. The van der Waals surface area contributed by atoms with Gasteiger partial charge in [0.25, 0.3) is 11.9 Å². The van der Waals surface area contributed by atoms with Gasteiger partial charge in [-0.15, -0.1) is 11.3 Å². The van der Waals surface area contributed by atoms with E-state index in [1.165, 1.54) is 11.3 Å². The number of aromatic nitrogens is 3. The molecule has 2 rings (SSSR count). The van der Waals surface area contributed by atoms with Crippen molar-refractivity contribution < 1.29 is 9.32 Å². The van der Waals surface area contributed by atoms with Crippen molar-refractivity contribution in [1.29, 1.82) is 0 Å². The molecule has 0 aliphatic carbocycles. The van der Waals surface area contributed by atoms with Gasteiger partial charge in [0.1, 0.15) is 5.69 Å². The Morgan fingerprint density at radius 1 is 1.38 bits per heavy atom. The Morgan fingerprint density at radius 2 is 2.10 bits per heavy atom. The molecule has 1 N–H and O–H groups in total. The molecule has 0 bridgehead atoms. The maximum absolute atomic E-state index is 12.0. The topological polar surface area (TPSA) is 84.2 Å². The number of amides is 1. The number of carbonyl (C=O) groups is 1. The third-order valence-corrected chi connectivity index (χ3v) is 3.90. The Kier molecular flexibility index (Phi) is 4.26. The predicted octanol–water partition coefficient (Wildman–Crippen LogP) is 1.82. The molecule has 0 atom stereocenters. The number of nitrogens with one attached hydrogen (secondary N) is 1. The molecule has 0 radical (unpaired) electrons. The smallest absolute Gasteiger partial charge is 0.271 e. The van der Waals surface area contributed by atoms with Crippen LogP contribution < -0.4 is 10.2 Å². The van der Waals surface area contributed by atoms with E-state index in [2.05, 4.69) is 41.2 Å². The van der Waals surface area contributed by atoms with Crippen LogP contribution in [-0.4, -0.2) is 35.1 Å². The highest BCUT2D eigenvalue weighted by molar-refractivity contribution is 7.10. The monoisotopic (exact) mass is 309 g/mol. The quantitative estimate of drug-likeness (QED) is 0.927. The fourth-order valence-corrected chi connectivity index (χ4v) is 2.36. The Balaban J connectivity index is 1.96. The SMILES string of the molecule is CN(C)c1noc(CNC(=O)c2csc(C(C)(C)C)n2)n1. The van der Waals surface area contributed by atoms with Gasteiger partial charge in [-0.05, 0) is 5.16 Å². The van der Waals surface area contributed by atoms with Crippen LogP contribution in [0.4, 0.5) is 5.95 Å². The third kappa shape index (κ3) is 3.78. The van der Waals surface area contributed by atoms with Crippen molar-refractivity contribution in [2.24, 2.45) is 0 Å². The number of anilines is 1. The molecule has 0 saturated heterocycles. The molecule has 2 aromatic heterocycles. The standard InChI is InChI=1S/C13H19N5O2S/c1-13(2,3)11-15-8(7-21-11)10(19)14-6-9-16-12(17-20-9)18(4)5/h7H,6H2,1-5H3,(H,14,19). The number of hydrogen-bond acceptors (Lipinski definition) is 7. The number of rotatable bonds is 4. The van der Waals surface area contributed by atoms with Crippen molar-refractivity contribution in [2.45, 2.75) is 32.7 Å². The molecule has 0 unspecified atom stereocenters. The van der Waals surface area contributed by atoms with Gasteiger partial charge in [-0.1, -0.05) is 20.8 Å². The van der Waals surface area contributed by atoms with E-state index >= 15 is 0 Å². The molecule has 0 fully saturated rings. The fourth-order valence-electron chi connectivity index (χ4n) is 1.47. The minimum atomic E-state index is -0.244. The molecular weight excluding hydrogens is 290 g/mol. The van der Waals surface area contributed by atoms with Crippen LogP contribution in [0, 0.1) is 0 Å². The van der Waals surface area contributed by atoms with Crippen molar-refractivity contribution in [3.63, 3.8) is 0 Å². The van der Waals surface area contributed by atoms with E-state index in [0.29, 0.717) is 17.5 Å². The van der Waals surface area contributed by atoms with E-state index < -0.39 is 0 Å². The van der Waals surface area contributed by atoms with Crippen LogP contribution in [0.1, 0.15) is 42.2 Å². The molecule has 1 amide bonds. The zero-order chi connectivity index (χ0) is 15.6. The van der Waals surface area contributed by atoms with Gasteiger partial charge < -0.3 is 14.7 Å². The van der Waals surface area contributed by atoms with Crippen molar-refractivity contribution in [1.82, 2.24) is 20.4 Å². The van der Waals surface area contributed by atoms with E-state index in [1.54, 1.807) is 10.3 Å². The van der Waals surface area contributed by atoms with Crippen LogP contribution in [0.2, 0.25) is 0 Å². The summed E-state index contributed by atoms with van der Waals surface area (Å²) in [5.41, 5.74) is 0.355. The van der Waals surface area contributed by atoms with Crippen LogP contribution in [0.5, 0.6) is 0 Å². The second-order valence-corrected chi connectivity index (χ2v) is 6.71. The summed E-state index contributed by atoms with van der Waals surface area (Å²) < 4.78 is 5.04. The van der Waals surface area contributed by atoms with Crippen LogP contribution in [0.15, 0.2) is 9.90 Å². The van der Waals surface area contributed by atoms with Crippen LogP contribution in [0.25, 0.3) is 0 Å². The van der Waals surface area contributed by atoms with Crippen LogP contribution in [0.3, 0.4) is 0 Å². The van der Waals surface area contributed by atoms with E-state index in [1.807, 2.05) is 14.1 Å². The minimum Gasteiger partial charge on any atom is -0.344 e. The summed E-state index contributed by atoms with van der Waals surface area (Å²) in [5.74, 6) is 0.590. The van der Waals surface area contributed by atoms with E-state index in [4.69, 9.17) is 4.52 Å². The Labute approximate surface area is 127 Å². The lowest BCUT2D eigenvalue weighted by Crippen LogP contribution is -2.24. The summed E-state index contributed by atoms with van der Waals surface area (Å²) in [6, 6.07) is 0. The molecule has 7 nitrogen and oxygen atoms in total. The Hall–Kier alpha value is -1.96. The van der Waals surface area contributed by atoms with Gasteiger partial charge in [-0.2, -0.15) is 4.98 Å². The van der Waals surface area contributed by atoms with Gasteiger partial charge >= 0.3 is 0 Å². The minimum absolute atomic E-state index is 0.0592. The largest absolute Gasteiger partial charge is 0.344 e. The molecule has 21 heavy (non-hydrogen) atoms. The molecule has 0 spiro atoms. The van der Waals surface area contributed by atoms with Crippen molar-refractivity contribution >= 4 is 23.2 Å². The van der Waals surface area contributed by atoms with Crippen LogP contribution in [-0.2, 0) is 12.0 Å². The molecule has 2 aromatic rings. The average molecular weight is 309 g/mol. The first-order valence-corrected chi connectivity index (χ1v) is 7.39. The number of thiazole rings is 1. The zero-order valence-electron chi connectivity index (χ0n) is 12.8. The van der Waals surface area contributed by atoms with Gasteiger partial charge in [-0.25, -0.2) is 4.98 Å². The maximum atomic E-state index is 12.0. The summed E-state index contributed by atoms with van der Waals surface area (Å²) in [4.78, 5) is 22.3. The molecule has 0 aromatic carbocycles. The first-order valence-electron chi connectivity index (χ1n) is 6.51. The molecule has 0 saturated carbocycles.